The molecule has 0 unspecified atom stereocenters. The topological polar surface area (TPSA) is 288 Å². The number of amides is 2. The van der Waals surface area contributed by atoms with E-state index in [0.717, 1.165) is 0 Å². The molecule has 2 aliphatic rings. The molecule has 0 radical (unpaired) electrons. The summed E-state index contributed by atoms with van der Waals surface area (Å²) >= 11 is 5.61. The quantitative estimate of drug-likeness (QED) is 0.0857. The van der Waals surface area contributed by atoms with Crippen LogP contribution in [0, 0.1) is 10.7 Å². The molecule has 10 N–H and O–H groups in total. The molecule has 2 amide bonds. The van der Waals surface area contributed by atoms with Crippen LogP contribution in [0.5, 0.6) is 0 Å². The smallest absolute Gasteiger partial charge is 0.545 e. The number of carboxylic acid groups (broad SMARTS) is 1. The second kappa shape index (κ2) is 18.2. The van der Waals surface area contributed by atoms with Crippen molar-refractivity contribution < 1.29 is 104 Å². The molecule has 3 rings (SSSR count). The number of nitrogens with one attached hydrogen (secondary N) is 2. The number of ether oxygens (including phenoxy) is 3. The molecule has 0 bridgehead atoms. The first-order chi connectivity index (χ1) is 20.0. The zero-order valence-electron chi connectivity index (χ0n) is 23.3. The van der Waals surface area contributed by atoms with Gasteiger partial charge in [-0.3, -0.25) is 9.59 Å². The van der Waals surface area contributed by atoms with E-state index in [0.29, 0.717) is 22.1 Å². The Morgan fingerprint density at radius 3 is 1.66 bits per heavy atom. The molecule has 0 aliphatic carbocycles. The van der Waals surface area contributed by atoms with E-state index in [4.69, 9.17) is 24.4 Å². The van der Waals surface area contributed by atoms with E-state index < -0.39 is 80.6 Å². The van der Waals surface area contributed by atoms with Crippen LogP contribution in [0.4, 0.5) is 11.4 Å². The summed E-state index contributed by atoms with van der Waals surface area (Å²) in [6, 6.07) is 0. The molecule has 21 heteroatoms. The van der Waals surface area contributed by atoms with Crippen LogP contribution in [0.15, 0.2) is 0 Å². The van der Waals surface area contributed by atoms with Crippen molar-refractivity contribution in [1.29, 1.82) is 0 Å². The van der Waals surface area contributed by atoms with Gasteiger partial charge in [-0.1, -0.05) is 0 Å². The van der Waals surface area contributed by atoms with Gasteiger partial charge in [0.2, 0.25) is 17.6 Å². The molecule has 2 saturated heterocycles. The van der Waals surface area contributed by atoms with Gasteiger partial charge >= 0.3 is 29.6 Å². The minimum Gasteiger partial charge on any atom is -0.545 e. The maximum atomic E-state index is 11.3. The summed E-state index contributed by atoms with van der Waals surface area (Å²) in [5.74, 6) is -4.26. The van der Waals surface area contributed by atoms with Crippen LogP contribution >= 0.6 is 67.8 Å². The zero-order valence-corrected chi connectivity index (χ0v) is 31.8. The fraction of sp³-hybridized carbons (Fsp3) is 0.609. The molecule has 1 aromatic rings. The number of aliphatic hydroxyl groups excluding tert-OH is 8. The monoisotopic (exact) mass is 978 g/mol. The molecular formula is C23H30I3N2NaO15. The number of halogens is 3. The summed E-state index contributed by atoms with van der Waals surface area (Å²) in [5, 5.41) is 93.1. The molecule has 1 aromatic carbocycles. The number of hydrogen-bond acceptors (Lipinski definition) is 15. The van der Waals surface area contributed by atoms with Gasteiger partial charge in [-0.05, 0) is 67.8 Å². The van der Waals surface area contributed by atoms with E-state index in [-0.39, 0.29) is 46.9 Å². The average Bonchev–Trinajstić information content (AvgIpc) is 3.18. The Morgan fingerprint density at radius 1 is 0.818 bits per heavy atom. The second-order valence-corrected chi connectivity index (χ2v) is 12.5. The van der Waals surface area contributed by atoms with E-state index in [2.05, 4.69) is 10.6 Å². The molecular weight excluding hydrogens is 948 g/mol. The summed E-state index contributed by atoms with van der Waals surface area (Å²) in [6.07, 6.45) is -12.7. The maximum Gasteiger partial charge on any atom is 1.00 e. The summed E-state index contributed by atoms with van der Waals surface area (Å²) in [5.41, 5.74) is 0.642. The zero-order chi connectivity index (χ0) is 33.0. The van der Waals surface area contributed by atoms with Crippen molar-refractivity contribution in [3.05, 3.63) is 16.3 Å². The van der Waals surface area contributed by atoms with Crippen LogP contribution in [0.1, 0.15) is 24.2 Å². The summed E-state index contributed by atoms with van der Waals surface area (Å²) in [4.78, 5) is 33.8. The third kappa shape index (κ3) is 9.50. The molecule has 0 saturated carbocycles. The number of benzene rings is 1. The number of carbonyl (C=O) groups is 3. The molecule has 2 aliphatic heterocycles. The fourth-order valence-corrected chi connectivity index (χ4v) is 8.19. The van der Waals surface area contributed by atoms with Gasteiger partial charge in [0.1, 0.15) is 49.3 Å². The van der Waals surface area contributed by atoms with Crippen LogP contribution in [-0.4, -0.2) is 133 Å². The third-order valence-corrected chi connectivity index (χ3v) is 9.43. The predicted octanol–water partition coefficient (Wildman–Crippen LogP) is -6.61. The van der Waals surface area contributed by atoms with Crippen molar-refractivity contribution in [2.45, 2.75) is 68.7 Å². The molecule has 0 spiro atoms. The van der Waals surface area contributed by atoms with E-state index in [1.54, 1.807) is 0 Å². The molecule has 9 atom stereocenters. The maximum absolute atomic E-state index is 11.3. The van der Waals surface area contributed by atoms with Gasteiger partial charge in [0.15, 0.2) is 6.29 Å². The molecule has 0 aromatic heterocycles. The van der Waals surface area contributed by atoms with Crippen molar-refractivity contribution in [3.8, 4) is 0 Å². The average molecular weight is 978 g/mol. The van der Waals surface area contributed by atoms with Crippen LogP contribution in [-0.2, 0) is 23.8 Å². The van der Waals surface area contributed by atoms with E-state index in [9.17, 15) is 50.1 Å². The minimum absolute atomic E-state index is 0. The fourth-order valence-electron chi connectivity index (χ4n) is 4.05. The first-order valence-electron chi connectivity index (χ1n) is 12.2. The van der Waals surface area contributed by atoms with Crippen LogP contribution in [0.25, 0.3) is 0 Å². The number of anilines is 2. The SMILES string of the molecule is CC(=O)Nc1c(I)c(NC(C)=O)c(I)c(C(=O)[O-])c1I.OC[C@H]1O[C@@](CO)(O[C@H]2O[C@H](CO)[C@@H](O)[C@H](O)[C@H]2O)[C@@H](O)[C@@H]1O.[Na+]. The summed E-state index contributed by atoms with van der Waals surface area (Å²) in [6.45, 7) is 0.318. The number of aliphatic hydroxyl groups is 8. The Labute approximate surface area is 313 Å². The van der Waals surface area contributed by atoms with E-state index in [1.165, 1.54) is 13.8 Å². The van der Waals surface area contributed by atoms with Crippen LogP contribution < -0.4 is 45.3 Å². The number of aromatic carboxylic acids is 1. The van der Waals surface area contributed by atoms with Gasteiger partial charge in [-0.15, -0.1) is 0 Å². The molecule has 2 fully saturated rings. The Hall–Kier alpha value is 0.380. The van der Waals surface area contributed by atoms with Gasteiger partial charge in [0.25, 0.3) is 0 Å². The van der Waals surface area contributed by atoms with Crippen LogP contribution in [0.3, 0.4) is 0 Å². The first kappa shape index (κ1) is 42.4. The molecule has 2 heterocycles. The third-order valence-electron chi connectivity index (χ3n) is 6.19. The number of carbonyl (C=O) groups excluding carboxylic acids is 3. The predicted molar refractivity (Wildman–Crippen MR) is 166 cm³/mol. The Kier molecular flexibility index (Phi) is 17.6. The minimum atomic E-state index is -2.22. The van der Waals surface area contributed by atoms with Crippen molar-refractivity contribution in [1.82, 2.24) is 0 Å². The number of rotatable bonds is 8. The summed E-state index contributed by atoms with van der Waals surface area (Å²) in [7, 11) is 0. The van der Waals surface area contributed by atoms with Gasteiger partial charge in [-0.25, -0.2) is 0 Å². The number of carboxylic acids is 1. The van der Waals surface area contributed by atoms with Crippen molar-refractivity contribution in [3.63, 3.8) is 0 Å². The number of hydrogen-bond donors (Lipinski definition) is 10. The van der Waals surface area contributed by atoms with Gasteiger partial charge in [-0.2, -0.15) is 0 Å². The van der Waals surface area contributed by atoms with Gasteiger partial charge in [0, 0.05) is 26.6 Å². The van der Waals surface area contributed by atoms with E-state index >= 15 is 0 Å². The Balaban J connectivity index is 0.000000435. The van der Waals surface area contributed by atoms with Gasteiger partial charge < -0.3 is 75.6 Å². The van der Waals surface area contributed by atoms with Crippen molar-refractivity contribution in [2.24, 2.45) is 0 Å². The van der Waals surface area contributed by atoms with E-state index in [1.807, 2.05) is 67.8 Å². The Bertz CT molecular complexity index is 1150. The second-order valence-electron chi connectivity index (χ2n) is 9.28. The molecule has 244 valence electrons. The molecule has 44 heavy (non-hydrogen) atoms. The van der Waals surface area contributed by atoms with Crippen molar-refractivity contribution in [2.75, 3.05) is 30.5 Å². The summed E-state index contributed by atoms with van der Waals surface area (Å²) < 4.78 is 16.7. The first-order valence-corrected chi connectivity index (χ1v) is 15.4. The van der Waals surface area contributed by atoms with Crippen molar-refractivity contribution >= 4 is 96.9 Å². The Morgan fingerprint density at radius 2 is 1.30 bits per heavy atom. The largest absolute Gasteiger partial charge is 1.00 e. The standard InChI is InChI=1S/C12H22O11.C11H9I3N2O4.Na/c13-1-4-6(16)8(18)9(19)11(21-4)23-12(3-15)10(20)7(17)5(2-14)22-12;1-3(17)15-9-6(12)5(11(19)20)7(13)10(8(9)14)16-4(2)18;/h4-11,13-20H,1-3H2;1-2H3,(H,15,17)(H,16,18)(H,19,20);/q;;+1/p-1/t4-,5-,6-,7-,8+,9-,10+,11-,12+;;/m1../s1. The molecule has 17 nitrogen and oxygen atoms in total. The van der Waals surface area contributed by atoms with Gasteiger partial charge in [0.05, 0.1) is 34.1 Å². The van der Waals surface area contributed by atoms with Crippen LogP contribution in [0.2, 0.25) is 0 Å². The normalized spacial score (nSPS) is 31.3.